The molecule has 9 heavy (non-hydrogen) atoms. The van der Waals surface area contributed by atoms with Gasteiger partial charge in [0.2, 0.25) is 0 Å². The van der Waals surface area contributed by atoms with Gasteiger partial charge < -0.3 is 11.1 Å². The first-order chi connectivity index (χ1) is 4.29. The highest BCUT2D eigenvalue weighted by molar-refractivity contribution is 8.03. The van der Waals surface area contributed by atoms with E-state index in [4.69, 9.17) is 5.73 Å². The molecule has 0 aromatic rings. The molecule has 1 rings (SSSR count). The SMILES string of the molecule is C=C1CNCC(N)CS1. The van der Waals surface area contributed by atoms with Crippen LogP contribution >= 0.6 is 11.8 Å². The molecule has 1 atom stereocenters. The summed E-state index contributed by atoms with van der Waals surface area (Å²) in [4.78, 5) is 1.20. The van der Waals surface area contributed by atoms with Crippen LogP contribution in [0.5, 0.6) is 0 Å². The molecule has 1 saturated heterocycles. The molecule has 1 fully saturated rings. The van der Waals surface area contributed by atoms with E-state index in [0.717, 1.165) is 18.8 Å². The Morgan fingerprint density at radius 3 is 3.33 bits per heavy atom. The smallest absolute Gasteiger partial charge is 0.0260 e. The van der Waals surface area contributed by atoms with Gasteiger partial charge in [-0.1, -0.05) is 6.58 Å². The van der Waals surface area contributed by atoms with Gasteiger partial charge in [0.1, 0.15) is 0 Å². The molecule has 0 aromatic carbocycles. The number of thioether (sulfide) groups is 1. The second kappa shape index (κ2) is 3.25. The number of nitrogens with two attached hydrogens (primary N) is 1. The summed E-state index contributed by atoms with van der Waals surface area (Å²) in [6.45, 7) is 5.69. The lowest BCUT2D eigenvalue weighted by Gasteiger charge is -2.03. The predicted octanol–water partition coefficient (Wildman–Crippen LogP) is 0.164. The van der Waals surface area contributed by atoms with Crippen molar-refractivity contribution in [3.05, 3.63) is 11.5 Å². The molecule has 3 N–H and O–H groups in total. The third kappa shape index (κ3) is 2.39. The van der Waals surface area contributed by atoms with Gasteiger partial charge in [0.25, 0.3) is 0 Å². The molecule has 0 amide bonds. The fourth-order valence-corrected chi connectivity index (χ4v) is 1.50. The van der Waals surface area contributed by atoms with E-state index in [9.17, 15) is 0 Å². The second-order valence-corrected chi connectivity index (χ2v) is 3.44. The lowest BCUT2D eigenvalue weighted by Crippen LogP contribution is -2.33. The van der Waals surface area contributed by atoms with Crippen LogP contribution in [0.2, 0.25) is 0 Å². The fraction of sp³-hybridized carbons (Fsp3) is 0.667. The lowest BCUT2D eigenvalue weighted by molar-refractivity contribution is 0.655. The van der Waals surface area contributed by atoms with Crippen LogP contribution in [0.1, 0.15) is 0 Å². The Balaban J connectivity index is 2.34. The summed E-state index contributed by atoms with van der Waals surface area (Å²) in [7, 11) is 0. The molecule has 1 unspecified atom stereocenters. The first kappa shape index (κ1) is 7.12. The summed E-state index contributed by atoms with van der Waals surface area (Å²) in [5, 5.41) is 3.20. The van der Waals surface area contributed by atoms with E-state index >= 15 is 0 Å². The molecular formula is C6H12N2S. The zero-order valence-electron chi connectivity index (χ0n) is 5.39. The number of rotatable bonds is 0. The van der Waals surface area contributed by atoms with Gasteiger partial charge in [0.05, 0.1) is 0 Å². The molecule has 0 aliphatic carbocycles. The van der Waals surface area contributed by atoms with Gasteiger partial charge in [0.15, 0.2) is 0 Å². The second-order valence-electron chi connectivity index (χ2n) is 2.24. The van der Waals surface area contributed by atoms with Crippen molar-refractivity contribution in [2.75, 3.05) is 18.8 Å². The molecule has 52 valence electrons. The molecular weight excluding hydrogens is 132 g/mol. The summed E-state index contributed by atoms with van der Waals surface area (Å²) in [5.41, 5.74) is 5.67. The average molecular weight is 144 g/mol. The minimum Gasteiger partial charge on any atom is -0.326 e. The molecule has 2 nitrogen and oxygen atoms in total. The monoisotopic (exact) mass is 144 g/mol. The van der Waals surface area contributed by atoms with E-state index in [1.54, 1.807) is 11.8 Å². The number of hydrogen-bond acceptors (Lipinski definition) is 3. The van der Waals surface area contributed by atoms with Crippen molar-refractivity contribution in [1.29, 1.82) is 0 Å². The van der Waals surface area contributed by atoms with Crippen LogP contribution in [-0.4, -0.2) is 24.9 Å². The summed E-state index contributed by atoms with van der Waals surface area (Å²) < 4.78 is 0. The molecule has 1 aliphatic rings. The maximum atomic E-state index is 5.67. The van der Waals surface area contributed by atoms with E-state index in [-0.39, 0.29) is 0 Å². The highest BCUT2D eigenvalue weighted by atomic mass is 32.2. The van der Waals surface area contributed by atoms with Gasteiger partial charge in [-0.15, -0.1) is 11.8 Å². The first-order valence-corrected chi connectivity index (χ1v) is 4.04. The van der Waals surface area contributed by atoms with Gasteiger partial charge in [-0.25, -0.2) is 0 Å². The highest BCUT2D eigenvalue weighted by Crippen LogP contribution is 2.14. The summed E-state index contributed by atoms with van der Waals surface area (Å²) >= 11 is 1.77. The Bertz CT molecular complexity index is 114. The van der Waals surface area contributed by atoms with Crippen LogP contribution < -0.4 is 11.1 Å². The highest BCUT2D eigenvalue weighted by Gasteiger charge is 2.07. The van der Waals surface area contributed by atoms with E-state index < -0.39 is 0 Å². The van der Waals surface area contributed by atoms with Gasteiger partial charge in [-0.05, 0) is 4.91 Å². The topological polar surface area (TPSA) is 38.0 Å². The molecule has 0 radical (unpaired) electrons. The van der Waals surface area contributed by atoms with Gasteiger partial charge in [0, 0.05) is 24.9 Å². The Labute approximate surface area is 59.9 Å². The lowest BCUT2D eigenvalue weighted by atomic mass is 10.3. The van der Waals surface area contributed by atoms with E-state index in [0.29, 0.717) is 6.04 Å². The summed E-state index contributed by atoms with van der Waals surface area (Å²) in [6, 6.07) is 0.300. The quantitative estimate of drug-likeness (QED) is 0.509. The van der Waals surface area contributed by atoms with E-state index in [2.05, 4.69) is 11.9 Å². The Morgan fingerprint density at radius 2 is 2.56 bits per heavy atom. The molecule has 1 aliphatic heterocycles. The maximum absolute atomic E-state index is 5.67. The minimum atomic E-state index is 0.300. The standard InChI is InChI=1S/C6H12N2S/c1-5-2-8-3-6(7)4-9-5/h6,8H,1-4,7H2. The molecule has 3 heteroatoms. The van der Waals surface area contributed by atoms with Crippen LogP contribution in [0.4, 0.5) is 0 Å². The third-order valence-electron chi connectivity index (χ3n) is 1.23. The van der Waals surface area contributed by atoms with Crippen molar-refractivity contribution < 1.29 is 0 Å². The van der Waals surface area contributed by atoms with Gasteiger partial charge >= 0.3 is 0 Å². The van der Waals surface area contributed by atoms with Crippen molar-refractivity contribution in [3.63, 3.8) is 0 Å². The van der Waals surface area contributed by atoms with Gasteiger partial charge in [-0.2, -0.15) is 0 Å². The van der Waals surface area contributed by atoms with Crippen molar-refractivity contribution in [2.24, 2.45) is 5.73 Å². The molecule has 0 bridgehead atoms. The van der Waals surface area contributed by atoms with Crippen molar-refractivity contribution in [3.8, 4) is 0 Å². The van der Waals surface area contributed by atoms with Gasteiger partial charge in [-0.3, -0.25) is 0 Å². The number of hydrogen-bond donors (Lipinski definition) is 2. The first-order valence-electron chi connectivity index (χ1n) is 3.06. The number of nitrogens with one attached hydrogen (secondary N) is 1. The Kier molecular flexibility index (Phi) is 2.57. The zero-order chi connectivity index (χ0) is 6.69. The molecule has 0 aromatic heterocycles. The zero-order valence-corrected chi connectivity index (χ0v) is 6.21. The summed E-state index contributed by atoms with van der Waals surface area (Å²) in [6.07, 6.45) is 0. The minimum absolute atomic E-state index is 0.300. The molecule has 0 saturated carbocycles. The fourth-order valence-electron chi connectivity index (χ4n) is 0.732. The predicted molar refractivity (Wildman–Crippen MR) is 42.4 cm³/mol. The maximum Gasteiger partial charge on any atom is 0.0260 e. The Hall–Kier alpha value is 0.0100. The molecule has 0 spiro atoms. The van der Waals surface area contributed by atoms with E-state index in [1.807, 2.05) is 0 Å². The van der Waals surface area contributed by atoms with E-state index in [1.165, 1.54) is 4.91 Å². The van der Waals surface area contributed by atoms with Crippen LogP contribution in [0.25, 0.3) is 0 Å². The van der Waals surface area contributed by atoms with Crippen molar-refractivity contribution in [2.45, 2.75) is 6.04 Å². The van der Waals surface area contributed by atoms with Crippen molar-refractivity contribution >= 4 is 11.8 Å². The third-order valence-corrected chi connectivity index (χ3v) is 2.38. The normalized spacial score (nSPS) is 29.9. The average Bonchev–Trinajstić information content (AvgIpc) is 1.97. The molecule has 1 heterocycles. The summed E-state index contributed by atoms with van der Waals surface area (Å²) in [5.74, 6) is 1.01. The Morgan fingerprint density at radius 1 is 1.78 bits per heavy atom. The van der Waals surface area contributed by atoms with Crippen molar-refractivity contribution in [1.82, 2.24) is 5.32 Å². The largest absolute Gasteiger partial charge is 0.326 e. The van der Waals surface area contributed by atoms with Crippen LogP contribution in [0, 0.1) is 0 Å². The van der Waals surface area contributed by atoms with Crippen LogP contribution in [0.15, 0.2) is 11.5 Å². The van der Waals surface area contributed by atoms with Crippen LogP contribution in [-0.2, 0) is 0 Å². The van der Waals surface area contributed by atoms with Crippen LogP contribution in [0.3, 0.4) is 0 Å².